The Morgan fingerprint density at radius 1 is 0.968 bits per heavy atom. The molecule has 0 radical (unpaired) electrons. The fourth-order valence-corrected chi connectivity index (χ4v) is 5.99. The van der Waals surface area contributed by atoms with Gasteiger partial charge in [0.15, 0.2) is 6.10 Å². The number of piperazine rings is 1. The summed E-state index contributed by atoms with van der Waals surface area (Å²) >= 11 is 5.88. The summed E-state index contributed by atoms with van der Waals surface area (Å²) in [5, 5.41) is 0.595. The number of aryl methyl sites for hydroxylation is 2. The zero-order valence-corrected chi connectivity index (χ0v) is 20.2. The highest BCUT2D eigenvalue weighted by atomic mass is 35.5. The number of benzene rings is 2. The minimum atomic E-state index is -3.64. The molecule has 1 saturated heterocycles. The Morgan fingerprint density at radius 2 is 1.48 bits per heavy atom. The predicted octanol–water partition coefficient (Wildman–Crippen LogP) is 3.87. The van der Waals surface area contributed by atoms with Crippen molar-refractivity contribution in [2.75, 3.05) is 26.2 Å². The van der Waals surface area contributed by atoms with Crippen molar-refractivity contribution in [3.8, 4) is 5.75 Å². The van der Waals surface area contributed by atoms with E-state index in [4.69, 9.17) is 16.3 Å². The molecule has 0 aromatic heterocycles. The number of ether oxygens (including phenoxy) is 1. The lowest BCUT2D eigenvalue weighted by Gasteiger charge is -2.35. The van der Waals surface area contributed by atoms with Crippen LogP contribution in [0.3, 0.4) is 0 Å². The van der Waals surface area contributed by atoms with Gasteiger partial charge >= 0.3 is 0 Å². The lowest BCUT2D eigenvalue weighted by atomic mass is 10.0. The standard InChI is InChI=1S/C23H29ClN2O4S/c1-15-14-16(2)18(4)22(17(15)3)31(28,29)26-12-10-25(11-13-26)23(27)19(5)30-21-8-6-20(24)7-9-21/h6-9,14,19H,10-13H2,1-5H3/t19-/m1/s1. The van der Waals surface area contributed by atoms with Gasteiger partial charge in [-0.3, -0.25) is 4.79 Å². The van der Waals surface area contributed by atoms with E-state index in [0.29, 0.717) is 28.8 Å². The van der Waals surface area contributed by atoms with Crippen LogP contribution in [0.1, 0.15) is 29.2 Å². The van der Waals surface area contributed by atoms with Crippen LogP contribution in [0, 0.1) is 27.7 Å². The molecule has 0 spiro atoms. The van der Waals surface area contributed by atoms with Crippen molar-refractivity contribution in [2.24, 2.45) is 0 Å². The van der Waals surface area contributed by atoms with Crippen molar-refractivity contribution in [3.63, 3.8) is 0 Å². The SMILES string of the molecule is Cc1cc(C)c(C)c(S(=O)(=O)N2CCN(C(=O)[C@@H](C)Oc3ccc(Cl)cc3)CC2)c1C. The smallest absolute Gasteiger partial charge is 0.263 e. The van der Waals surface area contributed by atoms with E-state index in [1.165, 1.54) is 4.31 Å². The molecule has 8 heteroatoms. The van der Waals surface area contributed by atoms with Crippen LogP contribution in [0.15, 0.2) is 35.2 Å². The molecule has 6 nitrogen and oxygen atoms in total. The van der Waals surface area contributed by atoms with E-state index in [1.807, 2.05) is 33.8 Å². The molecule has 0 N–H and O–H groups in total. The lowest BCUT2D eigenvalue weighted by molar-refractivity contribution is -0.139. The molecule has 168 valence electrons. The van der Waals surface area contributed by atoms with Gasteiger partial charge in [-0.15, -0.1) is 0 Å². The maximum Gasteiger partial charge on any atom is 0.263 e. The first kappa shape index (κ1) is 23.6. The van der Waals surface area contributed by atoms with Gasteiger partial charge < -0.3 is 9.64 Å². The number of amides is 1. The molecule has 1 atom stereocenters. The van der Waals surface area contributed by atoms with E-state index in [-0.39, 0.29) is 19.0 Å². The molecule has 3 rings (SSSR count). The lowest BCUT2D eigenvalue weighted by Crippen LogP contribution is -2.53. The third-order valence-corrected chi connectivity index (χ3v) is 8.34. The zero-order chi connectivity index (χ0) is 22.9. The first-order valence-electron chi connectivity index (χ1n) is 10.3. The van der Waals surface area contributed by atoms with Gasteiger partial charge in [0.2, 0.25) is 10.0 Å². The summed E-state index contributed by atoms with van der Waals surface area (Å²) in [7, 11) is -3.64. The second-order valence-corrected chi connectivity index (χ2v) is 10.3. The van der Waals surface area contributed by atoms with Gasteiger partial charge in [-0.1, -0.05) is 17.7 Å². The summed E-state index contributed by atoms with van der Waals surface area (Å²) in [6.07, 6.45) is -0.673. The van der Waals surface area contributed by atoms with Crippen molar-refractivity contribution >= 4 is 27.5 Å². The van der Waals surface area contributed by atoms with Crippen molar-refractivity contribution < 1.29 is 17.9 Å². The van der Waals surface area contributed by atoms with Gasteiger partial charge in [-0.05, 0) is 81.1 Å². The van der Waals surface area contributed by atoms with Crippen molar-refractivity contribution in [1.29, 1.82) is 0 Å². The number of nitrogens with zero attached hydrogens (tertiary/aromatic N) is 2. The van der Waals surface area contributed by atoms with Crippen molar-refractivity contribution in [1.82, 2.24) is 9.21 Å². The van der Waals surface area contributed by atoms with Gasteiger partial charge in [0, 0.05) is 31.2 Å². The molecule has 0 bridgehead atoms. The van der Waals surface area contributed by atoms with Crippen LogP contribution < -0.4 is 4.74 Å². The molecular formula is C23H29ClN2O4S. The van der Waals surface area contributed by atoms with Gasteiger partial charge in [-0.2, -0.15) is 4.31 Å². The molecule has 2 aromatic carbocycles. The molecular weight excluding hydrogens is 436 g/mol. The highest BCUT2D eigenvalue weighted by Gasteiger charge is 2.34. The molecule has 1 aliphatic rings. The predicted molar refractivity (Wildman–Crippen MR) is 122 cm³/mol. The third kappa shape index (κ3) is 4.89. The van der Waals surface area contributed by atoms with Gasteiger partial charge in [0.25, 0.3) is 5.91 Å². The Kier molecular flexibility index (Phi) is 6.98. The van der Waals surface area contributed by atoms with Crippen molar-refractivity contribution in [2.45, 2.75) is 45.6 Å². The normalized spacial score (nSPS) is 16.3. The van der Waals surface area contributed by atoms with E-state index in [9.17, 15) is 13.2 Å². The fraction of sp³-hybridized carbons (Fsp3) is 0.435. The highest BCUT2D eigenvalue weighted by molar-refractivity contribution is 7.89. The Hall–Kier alpha value is -2.09. The minimum Gasteiger partial charge on any atom is -0.481 e. The number of sulfonamides is 1. The second-order valence-electron chi connectivity index (χ2n) is 8.03. The molecule has 2 aromatic rings. The first-order chi connectivity index (χ1) is 14.5. The number of rotatable bonds is 5. The Balaban J connectivity index is 1.69. The largest absolute Gasteiger partial charge is 0.481 e. The van der Waals surface area contributed by atoms with E-state index < -0.39 is 16.1 Å². The summed E-state index contributed by atoms with van der Waals surface area (Å²) in [5.41, 5.74) is 3.49. The summed E-state index contributed by atoms with van der Waals surface area (Å²) in [6, 6.07) is 8.85. The maximum atomic E-state index is 13.4. The molecule has 0 aliphatic carbocycles. The summed E-state index contributed by atoms with van der Waals surface area (Å²) < 4.78 is 34.0. The Bertz CT molecular complexity index is 1050. The topological polar surface area (TPSA) is 66.9 Å². The average Bonchev–Trinajstić information content (AvgIpc) is 2.73. The van der Waals surface area contributed by atoms with Gasteiger partial charge in [-0.25, -0.2) is 8.42 Å². The molecule has 0 saturated carbocycles. The van der Waals surface area contributed by atoms with E-state index in [1.54, 1.807) is 36.1 Å². The number of halogens is 1. The van der Waals surface area contributed by atoms with Crippen LogP contribution in [0.4, 0.5) is 0 Å². The molecule has 1 heterocycles. The second kappa shape index (κ2) is 9.18. The van der Waals surface area contributed by atoms with E-state index in [0.717, 1.165) is 22.3 Å². The van der Waals surface area contributed by atoms with Crippen molar-refractivity contribution in [3.05, 3.63) is 57.6 Å². The van der Waals surface area contributed by atoms with Gasteiger partial charge in [0.1, 0.15) is 5.75 Å². The summed E-state index contributed by atoms with van der Waals surface area (Å²) in [5.74, 6) is 0.401. The number of carbonyl (C=O) groups excluding carboxylic acids is 1. The van der Waals surface area contributed by atoms with Crippen LogP contribution in [0.25, 0.3) is 0 Å². The Morgan fingerprint density at radius 3 is 2.00 bits per heavy atom. The first-order valence-corrected chi connectivity index (χ1v) is 12.1. The van der Waals surface area contributed by atoms with Crippen LogP contribution in [-0.4, -0.2) is 55.8 Å². The Labute approximate surface area is 189 Å². The van der Waals surface area contributed by atoms with E-state index >= 15 is 0 Å². The quantitative estimate of drug-likeness (QED) is 0.673. The average molecular weight is 465 g/mol. The molecule has 31 heavy (non-hydrogen) atoms. The monoisotopic (exact) mass is 464 g/mol. The number of hydrogen-bond acceptors (Lipinski definition) is 4. The molecule has 0 unspecified atom stereocenters. The number of hydrogen-bond donors (Lipinski definition) is 0. The maximum absolute atomic E-state index is 13.4. The van der Waals surface area contributed by atoms with Crippen LogP contribution in [-0.2, 0) is 14.8 Å². The zero-order valence-electron chi connectivity index (χ0n) is 18.6. The van der Waals surface area contributed by atoms with E-state index in [2.05, 4.69) is 0 Å². The summed E-state index contributed by atoms with van der Waals surface area (Å²) in [6.45, 7) is 10.4. The third-order valence-electron chi connectivity index (χ3n) is 5.92. The van der Waals surface area contributed by atoms with Crippen LogP contribution in [0.2, 0.25) is 5.02 Å². The molecule has 1 amide bonds. The molecule has 1 fully saturated rings. The minimum absolute atomic E-state index is 0.161. The number of carbonyl (C=O) groups is 1. The van der Waals surface area contributed by atoms with Gasteiger partial charge in [0.05, 0.1) is 4.90 Å². The van der Waals surface area contributed by atoms with Crippen LogP contribution >= 0.6 is 11.6 Å². The highest BCUT2D eigenvalue weighted by Crippen LogP contribution is 2.29. The molecule has 1 aliphatic heterocycles. The summed E-state index contributed by atoms with van der Waals surface area (Å²) in [4.78, 5) is 14.9. The fourth-order valence-electron chi connectivity index (χ4n) is 3.87. The van der Waals surface area contributed by atoms with Crippen LogP contribution in [0.5, 0.6) is 5.75 Å².